The zero-order chi connectivity index (χ0) is 18.7. The normalized spacial score (nSPS) is 16.8. The average molecular weight is 410 g/mol. The zero-order valence-electron chi connectivity index (χ0n) is 14.7. The van der Waals surface area contributed by atoms with E-state index in [1.807, 2.05) is 37.3 Å². The molecule has 0 radical (unpaired) electrons. The maximum Gasteiger partial charge on any atom is 0.329 e. The molecule has 0 spiro atoms. The van der Waals surface area contributed by atoms with Crippen molar-refractivity contribution in [3.05, 3.63) is 63.1 Å². The number of hydrogen-bond acceptors (Lipinski definition) is 3. The largest absolute Gasteiger partial charge is 0.329 e. The van der Waals surface area contributed by atoms with Gasteiger partial charge in [0.2, 0.25) is 0 Å². The van der Waals surface area contributed by atoms with Crippen LogP contribution >= 0.6 is 35.1 Å². The minimum absolute atomic E-state index is 0.193. The van der Waals surface area contributed by atoms with E-state index in [9.17, 15) is 4.79 Å². The van der Waals surface area contributed by atoms with E-state index in [1.54, 1.807) is 6.07 Å². The van der Waals surface area contributed by atoms with E-state index in [0.717, 1.165) is 30.1 Å². The molecule has 2 aromatic rings. The molecule has 2 amide bonds. The van der Waals surface area contributed by atoms with E-state index in [0.29, 0.717) is 10.0 Å². The number of anilines is 1. The molecule has 138 valence electrons. The van der Waals surface area contributed by atoms with Gasteiger partial charge >= 0.3 is 6.03 Å². The molecule has 1 aliphatic heterocycles. The van der Waals surface area contributed by atoms with Gasteiger partial charge in [0, 0.05) is 40.5 Å². The van der Waals surface area contributed by atoms with E-state index in [1.165, 1.54) is 23.1 Å². The lowest BCUT2D eigenvalue weighted by molar-refractivity contribution is 0.257. The lowest BCUT2D eigenvalue weighted by Crippen LogP contribution is -2.31. The Labute approximate surface area is 168 Å². The number of nitrogens with one attached hydrogen (secondary N) is 2. The Morgan fingerprint density at radius 1 is 1.27 bits per heavy atom. The first kappa shape index (κ1) is 19.4. The highest BCUT2D eigenvalue weighted by Gasteiger charge is 2.27. The van der Waals surface area contributed by atoms with Crippen LogP contribution < -0.4 is 10.0 Å². The molecule has 0 saturated carbocycles. The number of rotatable bonds is 4. The van der Waals surface area contributed by atoms with Crippen LogP contribution in [0.5, 0.6) is 0 Å². The van der Waals surface area contributed by atoms with Gasteiger partial charge in [0.1, 0.15) is 0 Å². The molecule has 1 atom stereocenters. The summed E-state index contributed by atoms with van der Waals surface area (Å²) in [5.41, 5.74) is 4.24. The van der Waals surface area contributed by atoms with E-state index < -0.39 is 0 Å². The average Bonchev–Trinajstić information content (AvgIpc) is 2.61. The SMILES string of the molecule is CCSNC(=O)Nc1ccc(C2CN(C)Cc3c(Cl)cc(Cl)cc32)cc1. The highest BCUT2D eigenvalue weighted by atomic mass is 35.5. The van der Waals surface area contributed by atoms with Crippen molar-refractivity contribution in [3.63, 3.8) is 0 Å². The number of fused-ring (bicyclic) bond motifs is 1. The predicted octanol–water partition coefficient (Wildman–Crippen LogP) is 5.36. The number of halogens is 2. The first-order valence-corrected chi connectivity index (χ1v) is 10.2. The second-order valence-electron chi connectivity index (χ2n) is 6.32. The van der Waals surface area contributed by atoms with Crippen LogP contribution in [-0.4, -0.2) is 30.3 Å². The Morgan fingerprint density at radius 3 is 2.69 bits per heavy atom. The van der Waals surface area contributed by atoms with Crippen molar-refractivity contribution in [3.8, 4) is 0 Å². The summed E-state index contributed by atoms with van der Waals surface area (Å²) in [6.07, 6.45) is 0. The summed E-state index contributed by atoms with van der Waals surface area (Å²) >= 11 is 14.0. The summed E-state index contributed by atoms with van der Waals surface area (Å²) in [6.45, 7) is 3.69. The lowest BCUT2D eigenvalue weighted by atomic mass is 9.85. The Hall–Kier alpha value is -1.40. The second-order valence-corrected chi connectivity index (χ2v) is 8.23. The molecule has 3 rings (SSSR count). The van der Waals surface area contributed by atoms with Crippen LogP contribution in [0.25, 0.3) is 0 Å². The Bertz CT molecular complexity index is 798. The minimum Gasteiger partial charge on any atom is -0.307 e. The number of amides is 2. The summed E-state index contributed by atoms with van der Waals surface area (Å²) in [7, 11) is 2.09. The molecule has 0 bridgehead atoms. The molecule has 0 aromatic heterocycles. The van der Waals surface area contributed by atoms with E-state index in [-0.39, 0.29) is 11.9 Å². The zero-order valence-corrected chi connectivity index (χ0v) is 17.0. The van der Waals surface area contributed by atoms with Crippen LogP contribution in [0.3, 0.4) is 0 Å². The summed E-state index contributed by atoms with van der Waals surface area (Å²) < 4.78 is 2.72. The van der Waals surface area contributed by atoms with Crippen LogP contribution in [0.4, 0.5) is 10.5 Å². The maximum atomic E-state index is 11.8. The molecular formula is C19H21Cl2N3OS. The summed E-state index contributed by atoms with van der Waals surface area (Å²) in [4.78, 5) is 14.0. The third-order valence-electron chi connectivity index (χ3n) is 4.37. The predicted molar refractivity (Wildman–Crippen MR) is 111 cm³/mol. The highest BCUT2D eigenvalue weighted by molar-refractivity contribution is 7.97. The number of carbonyl (C=O) groups excluding carboxylic acids is 1. The maximum absolute atomic E-state index is 11.8. The monoisotopic (exact) mass is 409 g/mol. The molecule has 4 nitrogen and oxygen atoms in total. The first-order chi connectivity index (χ1) is 12.5. The molecule has 0 fully saturated rings. The van der Waals surface area contributed by atoms with Crippen molar-refractivity contribution in [1.29, 1.82) is 0 Å². The molecule has 1 aliphatic rings. The topological polar surface area (TPSA) is 44.4 Å². The molecule has 0 aliphatic carbocycles. The van der Waals surface area contributed by atoms with Gasteiger partial charge in [0.05, 0.1) is 0 Å². The van der Waals surface area contributed by atoms with Crippen molar-refractivity contribution < 1.29 is 4.79 Å². The summed E-state index contributed by atoms with van der Waals surface area (Å²) in [5.74, 6) is 1.02. The Kier molecular flexibility index (Phi) is 6.35. The van der Waals surface area contributed by atoms with Crippen LogP contribution in [0, 0.1) is 0 Å². The van der Waals surface area contributed by atoms with Crippen LogP contribution in [-0.2, 0) is 6.54 Å². The van der Waals surface area contributed by atoms with Crippen LogP contribution in [0.1, 0.15) is 29.5 Å². The van der Waals surface area contributed by atoms with Crippen molar-refractivity contribution in [2.75, 3.05) is 24.7 Å². The summed E-state index contributed by atoms with van der Waals surface area (Å²) in [6, 6.07) is 11.5. The van der Waals surface area contributed by atoms with Gasteiger partial charge in [-0.25, -0.2) is 4.79 Å². The standard InChI is InChI=1S/C19H21Cl2N3OS/c1-3-26-23-19(25)22-14-6-4-12(5-7-14)16-10-24(2)11-17-15(16)8-13(20)9-18(17)21/h4-9,16H,3,10-11H2,1-2H3,(H2,22,23,25). The molecule has 1 unspecified atom stereocenters. The second kappa shape index (κ2) is 8.53. The lowest BCUT2D eigenvalue weighted by Gasteiger charge is -2.33. The molecule has 1 heterocycles. The van der Waals surface area contributed by atoms with Gasteiger partial charge in [-0.3, -0.25) is 4.72 Å². The fourth-order valence-electron chi connectivity index (χ4n) is 3.22. The number of benzene rings is 2. The van der Waals surface area contributed by atoms with Crippen LogP contribution in [0.2, 0.25) is 10.0 Å². The van der Waals surface area contributed by atoms with Gasteiger partial charge in [-0.05, 0) is 60.0 Å². The third kappa shape index (κ3) is 4.46. The Morgan fingerprint density at radius 2 is 2.00 bits per heavy atom. The number of urea groups is 1. The van der Waals surface area contributed by atoms with Gasteiger partial charge < -0.3 is 10.2 Å². The smallest absolute Gasteiger partial charge is 0.307 e. The van der Waals surface area contributed by atoms with E-state index >= 15 is 0 Å². The van der Waals surface area contributed by atoms with Crippen molar-refractivity contribution >= 4 is 46.9 Å². The van der Waals surface area contributed by atoms with E-state index in [4.69, 9.17) is 23.2 Å². The molecule has 26 heavy (non-hydrogen) atoms. The van der Waals surface area contributed by atoms with Crippen molar-refractivity contribution in [1.82, 2.24) is 9.62 Å². The fraction of sp³-hybridized carbons (Fsp3) is 0.316. The van der Waals surface area contributed by atoms with Gasteiger partial charge in [0.25, 0.3) is 0 Å². The molecule has 0 saturated heterocycles. The van der Waals surface area contributed by atoms with Gasteiger partial charge in [-0.1, -0.05) is 42.3 Å². The Balaban J connectivity index is 1.83. The third-order valence-corrected chi connectivity index (χ3v) is 5.55. The van der Waals surface area contributed by atoms with E-state index in [2.05, 4.69) is 22.0 Å². The minimum atomic E-state index is -0.217. The number of likely N-dealkylation sites (N-methyl/N-ethyl adjacent to an activating group) is 1. The van der Waals surface area contributed by atoms with Crippen LogP contribution in [0.15, 0.2) is 36.4 Å². The molecular weight excluding hydrogens is 389 g/mol. The van der Waals surface area contributed by atoms with Crippen molar-refractivity contribution in [2.24, 2.45) is 0 Å². The van der Waals surface area contributed by atoms with Gasteiger partial charge in [-0.2, -0.15) is 0 Å². The first-order valence-electron chi connectivity index (χ1n) is 8.43. The quantitative estimate of drug-likeness (QED) is 0.667. The number of nitrogens with zero attached hydrogens (tertiary/aromatic N) is 1. The summed E-state index contributed by atoms with van der Waals surface area (Å²) in [5, 5.41) is 4.20. The van der Waals surface area contributed by atoms with Gasteiger partial charge in [0.15, 0.2) is 0 Å². The fourth-order valence-corrected chi connectivity index (χ4v) is 4.12. The van der Waals surface area contributed by atoms with Crippen molar-refractivity contribution in [2.45, 2.75) is 19.4 Å². The molecule has 7 heteroatoms. The number of hydrogen-bond donors (Lipinski definition) is 2. The number of carbonyl (C=O) groups is 1. The highest BCUT2D eigenvalue weighted by Crippen LogP contribution is 2.38. The molecule has 2 aromatic carbocycles. The van der Waals surface area contributed by atoms with Gasteiger partial charge in [-0.15, -0.1) is 0 Å². The molecule has 2 N–H and O–H groups in total.